The molecule has 1 heterocycles. The van der Waals surface area contributed by atoms with Crippen molar-refractivity contribution in [3.8, 4) is 0 Å². The molecule has 0 radical (unpaired) electrons. The summed E-state index contributed by atoms with van der Waals surface area (Å²) in [6.45, 7) is 2.05. The van der Waals surface area contributed by atoms with Crippen LogP contribution in [0.3, 0.4) is 0 Å². The molecule has 0 aliphatic heterocycles. The lowest BCUT2D eigenvalue weighted by atomic mass is 10.0. The van der Waals surface area contributed by atoms with Crippen LogP contribution in [0.15, 0.2) is 51.7 Å². The molecule has 28 heavy (non-hydrogen) atoms. The fourth-order valence-corrected chi connectivity index (χ4v) is 3.72. The number of rotatable bonds is 4. The second kappa shape index (κ2) is 7.09. The van der Waals surface area contributed by atoms with E-state index in [0.29, 0.717) is 34.3 Å². The SMILES string of the molecule is Cc1ccccc1C=C1CCc2c1oc1cc(C(N)CC(=O)O)ccc1c2=O. The molecule has 3 aromatic rings. The summed E-state index contributed by atoms with van der Waals surface area (Å²) in [6, 6.07) is 12.5. The quantitative estimate of drug-likeness (QED) is 0.717. The zero-order valence-electron chi connectivity index (χ0n) is 15.6. The molecule has 0 saturated heterocycles. The highest BCUT2D eigenvalue weighted by molar-refractivity contribution is 5.87. The second-order valence-electron chi connectivity index (χ2n) is 7.22. The van der Waals surface area contributed by atoms with Crippen LogP contribution in [0, 0.1) is 6.92 Å². The van der Waals surface area contributed by atoms with Gasteiger partial charge in [-0.2, -0.15) is 0 Å². The van der Waals surface area contributed by atoms with Gasteiger partial charge in [-0.1, -0.05) is 30.3 Å². The second-order valence-corrected chi connectivity index (χ2v) is 7.22. The number of benzene rings is 2. The minimum Gasteiger partial charge on any atom is -0.481 e. The molecule has 3 N–H and O–H groups in total. The molecule has 0 bridgehead atoms. The molecule has 0 spiro atoms. The van der Waals surface area contributed by atoms with Crippen LogP contribution in [-0.4, -0.2) is 11.1 Å². The first kappa shape index (κ1) is 18.2. The monoisotopic (exact) mass is 375 g/mol. The Morgan fingerprint density at radius 1 is 1.25 bits per heavy atom. The number of fused-ring (bicyclic) bond motifs is 2. The lowest BCUT2D eigenvalue weighted by Gasteiger charge is -2.11. The molecule has 142 valence electrons. The van der Waals surface area contributed by atoms with Gasteiger partial charge in [0.2, 0.25) is 0 Å². The first-order chi connectivity index (χ1) is 13.4. The van der Waals surface area contributed by atoms with Crippen LogP contribution in [-0.2, 0) is 11.2 Å². The number of aryl methyl sites for hydroxylation is 1. The van der Waals surface area contributed by atoms with Crippen LogP contribution in [0.5, 0.6) is 0 Å². The van der Waals surface area contributed by atoms with Gasteiger partial charge in [-0.25, -0.2) is 0 Å². The third kappa shape index (κ3) is 3.25. The van der Waals surface area contributed by atoms with Gasteiger partial charge in [0.15, 0.2) is 5.43 Å². The van der Waals surface area contributed by atoms with Crippen molar-refractivity contribution in [3.05, 3.63) is 80.7 Å². The number of hydrogen-bond acceptors (Lipinski definition) is 4. The van der Waals surface area contributed by atoms with Crippen LogP contribution in [0.25, 0.3) is 22.6 Å². The summed E-state index contributed by atoms with van der Waals surface area (Å²) in [6.07, 6.45) is 3.31. The van der Waals surface area contributed by atoms with Crippen LogP contribution in [0.2, 0.25) is 0 Å². The normalized spacial score (nSPS) is 15.7. The molecule has 2 aromatic carbocycles. The van der Waals surface area contributed by atoms with Gasteiger partial charge >= 0.3 is 5.97 Å². The van der Waals surface area contributed by atoms with E-state index in [-0.39, 0.29) is 11.8 Å². The van der Waals surface area contributed by atoms with E-state index in [1.165, 1.54) is 0 Å². The summed E-state index contributed by atoms with van der Waals surface area (Å²) in [7, 11) is 0. The van der Waals surface area contributed by atoms with E-state index in [1.54, 1.807) is 18.2 Å². The molecule has 5 heteroatoms. The summed E-state index contributed by atoms with van der Waals surface area (Å²) in [5.74, 6) is -0.337. The van der Waals surface area contributed by atoms with Gasteiger partial charge in [-0.05, 0) is 60.2 Å². The molecule has 0 fully saturated rings. The molecule has 0 saturated carbocycles. The number of aliphatic carboxylic acids is 1. The van der Waals surface area contributed by atoms with Crippen molar-refractivity contribution in [1.29, 1.82) is 0 Å². The zero-order chi connectivity index (χ0) is 19.8. The van der Waals surface area contributed by atoms with Crippen LogP contribution >= 0.6 is 0 Å². The molecule has 0 amide bonds. The Kier molecular flexibility index (Phi) is 4.61. The number of hydrogen-bond donors (Lipinski definition) is 2. The minimum absolute atomic E-state index is 0.0252. The van der Waals surface area contributed by atoms with E-state index < -0.39 is 12.0 Å². The molecule has 1 unspecified atom stereocenters. The van der Waals surface area contributed by atoms with Crippen LogP contribution < -0.4 is 11.2 Å². The lowest BCUT2D eigenvalue weighted by molar-refractivity contribution is -0.137. The Hall–Kier alpha value is -3.18. The maximum Gasteiger partial charge on any atom is 0.305 e. The summed E-state index contributed by atoms with van der Waals surface area (Å²) in [5, 5.41) is 9.47. The van der Waals surface area contributed by atoms with E-state index in [0.717, 1.165) is 23.1 Å². The molecular weight excluding hydrogens is 354 g/mol. The Labute approximate surface area is 162 Å². The largest absolute Gasteiger partial charge is 0.481 e. The molecule has 4 rings (SSSR count). The van der Waals surface area contributed by atoms with Gasteiger partial charge in [0.05, 0.1) is 11.8 Å². The fraction of sp³-hybridized carbons (Fsp3) is 0.217. The Bertz CT molecular complexity index is 1170. The standard InChI is InChI=1S/C23H21NO4/c1-13-4-2-3-5-14(13)10-16-7-9-18-22(27)17-8-6-15(19(24)12-21(25)26)11-20(17)28-23(16)18/h2-6,8,10-11,19H,7,9,12,24H2,1H3,(H,25,26). The van der Waals surface area contributed by atoms with Crippen LogP contribution in [0.1, 0.15) is 46.9 Å². The number of allylic oxidation sites excluding steroid dienone is 1. The average molecular weight is 375 g/mol. The third-order valence-corrected chi connectivity index (χ3v) is 5.29. The third-order valence-electron chi connectivity index (χ3n) is 5.29. The van der Waals surface area contributed by atoms with Crippen molar-refractivity contribution in [2.45, 2.75) is 32.2 Å². The van der Waals surface area contributed by atoms with Gasteiger partial charge in [0.1, 0.15) is 11.3 Å². The minimum atomic E-state index is -0.966. The van der Waals surface area contributed by atoms with Gasteiger partial charge in [-0.15, -0.1) is 0 Å². The fourth-order valence-electron chi connectivity index (χ4n) is 3.72. The maximum atomic E-state index is 12.9. The summed E-state index contributed by atoms with van der Waals surface area (Å²) in [5.41, 5.74) is 11.0. The zero-order valence-corrected chi connectivity index (χ0v) is 15.6. The maximum absolute atomic E-state index is 12.9. The predicted octanol–water partition coefficient (Wildman–Crippen LogP) is 4.06. The van der Waals surface area contributed by atoms with Crippen molar-refractivity contribution in [2.24, 2.45) is 5.73 Å². The molecular formula is C23H21NO4. The molecule has 1 aromatic heterocycles. The molecule has 1 atom stereocenters. The van der Waals surface area contributed by atoms with Crippen molar-refractivity contribution in [3.63, 3.8) is 0 Å². The summed E-state index contributed by atoms with van der Waals surface area (Å²) >= 11 is 0. The molecule has 5 nitrogen and oxygen atoms in total. The number of carboxylic acids is 1. The van der Waals surface area contributed by atoms with Crippen molar-refractivity contribution in [2.75, 3.05) is 0 Å². The van der Waals surface area contributed by atoms with Gasteiger partial charge in [0.25, 0.3) is 0 Å². The topological polar surface area (TPSA) is 93.5 Å². The average Bonchev–Trinajstić information content (AvgIpc) is 3.06. The Balaban J connectivity index is 1.82. The Morgan fingerprint density at radius 2 is 2.04 bits per heavy atom. The smallest absolute Gasteiger partial charge is 0.305 e. The van der Waals surface area contributed by atoms with Crippen LogP contribution in [0.4, 0.5) is 0 Å². The highest BCUT2D eigenvalue weighted by Gasteiger charge is 2.24. The highest BCUT2D eigenvalue weighted by Crippen LogP contribution is 2.35. The lowest BCUT2D eigenvalue weighted by Crippen LogP contribution is -2.15. The van der Waals surface area contributed by atoms with E-state index in [1.807, 2.05) is 18.2 Å². The van der Waals surface area contributed by atoms with E-state index in [4.69, 9.17) is 15.3 Å². The number of carbonyl (C=O) groups is 1. The molecule has 1 aliphatic rings. The Morgan fingerprint density at radius 3 is 2.79 bits per heavy atom. The van der Waals surface area contributed by atoms with E-state index in [9.17, 15) is 9.59 Å². The number of carboxylic acid groups (broad SMARTS) is 1. The molecule has 1 aliphatic carbocycles. The van der Waals surface area contributed by atoms with Gasteiger partial charge < -0.3 is 15.3 Å². The first-order valence-corrected chi connectivity index (χ1v) is 9.27. The first-order valence-electron chi connectivity index (χ1n) is 9.27. The van der Waals surface area contributed by atoms with Gasteiger partial charge in [0, 0.05) is 11.6 Å². The van der Waals surface area contributed by atoms with E-state index >= 15 is 0 Å². The van der Waals surface area contributed by atoms with E-state index in [2.05, 4.69) is 19.1 Å². The number of nitrogens with two attached hydrogens (primary N) is 1. The summed E-state index contributed by atoms with van der Waals surface area (Å²) < 4.78 is 6.13. The highest BCUT2D eigenvalue weighted by atomic mass is 16.4. The summed E-state index contributed by atoms with van der Waals surface area (Å²) in [4.78, 5) is 23.9. The van der Waals surface area contributed by atoms with Gasteiger partial charge in [-0.3, -0.25) is 9.59 Å². The van der Waals surface area contributed by atoms with Crippen molar-refractivity contribution < 1.29 is 14.3 Å². The van der Waals surface area contributed by atoms with Crippen molar-refractivity contribution >= 4 is 28.6 Å². The predicted molar refractivity (Wildman–Crippen MR) is 109 cm³/mol. The van der Waals surface area contributed by atoms with Crippen molar-refractivity contribution in [1.82, 2.24) is 0 Å².